The van der Waals surface area contributed by atoms with Crippen molar-refractivity contribution in [2.45, 2.75) is 6.42 Å². The Morgan fingerprint density at radius 1 is 1.29 bits per heavy atom. The summed E-state index contributed by atoms with van der Waals surface area (Å²) in [6.07, 6.45) is 3.10. The SMILES string of the molecule is O=C(NCCC(=O)N1CCN(CCO)CC1)c1ccoc1. The van der Waals surface area contributed by atoms with Crippen LogP contribution in [0.15, 0.2) is 23.0 Å². The van der Waals surface area contributed by atoms with Gasteiger partial charge in [0.1, 0.15) is 6.26 Å². The molecule has 21 heavy (non-hydrogen) atoms. The van der Waals surface area contributed by atoms with Gasteiger partial charge in [0.05, 0.1) is 18.4 Å². The number of rotatable bonds is 6. The topological polar surface area (TPSA) is 86.0 Å². The van der Waals surface area contributed by atoms with Gasteiger partial charge in [-0.05, 0) is 6.07 Å². The molecular weight excluding hydrogens is 274 g/mol. The zero-order valence-electron chi connectivity index (χ0n) is 12.0. The summed E-state index contributed by atoms with van der Waals surface area (Å²) in [4.78, 5) is 27.6. The number of β-amino-alcohol motifs (C(OH)–C–C–N with tert-alkyl or cyclic N) is 1. The summed E-state index contributed by atoms with van der Waals surface area (Å²) in [5.74, 6) is -0.185. The van der Waals surface area contributed by atoms with E-state index in [0.717, 1.165) is 13.1 Å². The number of carbonyl (C=O) groups excluding carboxylic acids is 2. The first kappa shape index (κ1) is 15.5. The molecule has 2 amide bonds. The predicted octanol–water partition coefficient (Wildman–Crippen LogP) is -0.464. The lowest BCUT2D eigenvalue weighted by atomic mass is 10.2. The molecule has 2 rings (SSSR count). The van der Waals surface area contributed by atoms with Crippen LogP contribution < -0.4 is 5.32 Å². The van der Waals surface area contributed by atoms with Crippen LogP contribution in [0.25, 0.3) is 0 Å². The maximum Gasteiger partial charge on any atom is 0.254 e. The smallest absolute Gasteiger partial charge is 0.254 e. The number of aliphatic hydroxyl groups excluding tert-OH is 1. The van der Waals surface area contributed by atoms with Crippen LogP contribution in [-0.2, 0) is 4.79 Å². The summed E-state index contributed by atoms with van der Waals surface area (Å²) in [5.41, 5.74) is 0.458. The van der Waals surface area contributed by atoms with Gasteiger partial charge in [-0.3, -0.25) is 14.5 Å². The van der Waals surface area contributed by atoms with Gasteiger partial charge in [0, 0.05) is 45.7 Å². The number of nitrogens with zero attached hydrogens (tertiary/aromatic N) is 2. The monoisotopic (exact) mass is 295 g/mol. The van der Waals surface area contributed by atoms with E-state index in [0.29, 0.717) is 38.2 Å². The third-order valence-electron chi connectivity index (χ3n) is 3.55. The van der Waals surface area contributed by atoms with E-state index >= 15 is 0 Å². The van der Waals surface area contributed by atoms with Gasteiger partial charge in [-0.2, -0.15) is 0 Å². The highest BCUT2D eigenvalue weighted by Gasteiger charge is 2.20. The molecule has 0 aromatic carbocycles. The van der Waals surface area contributed by atoms with Gasteiger partial charge < -0.3 is 19.7 Å². The Morgan fingerprint density at radius 2 is 2.05 bits per heavy atom. The minimum atomic E-state index is -0.232. The number of carbonyl (C=O) groups is 2. The second kappa shape index (κ2) is 7.80. The number of nitrogens with one attached hydrogen (secondary N) is 1. The van der Waals surface area contributed by atoms with E-state index in [1.54, 1.807) is 11.0 Å². The van der Waals surface area contributed by atoms with Crippen molar-refractivity contribution in [2.24, 2.45) is 0 Å². The molecule has 7 nitrogen and oxygen atoms in total. The second-order valence-corrected chi connectivity index (χ2v) is 4.96. The number of amides is 2. The van der Waals surface area contributed by atoms with Gasteiger partial charge in [-0.15, -0.1) is 0 Å². The van der Waals surface area contributed by atoms with Crippen LogP contribution in [0.2, 0.25) is 0 Å². The standard InChI is InChI=1S/C14H21N3O4/c18-9-8-16-4-6-17(7-5-16)13(19)1-3-15-14(20)12-2-10-21-11-12/h2,10-11,18H,1,3-9H2,(H,15,20). The normalized spacial score (nSPS) is 16.0. The Balaban J connectivity index is 1.65. The van der Waals surface area contributed by atoms with E-state index in [1.165, 1.54) is 12.5 Å². The van der Waals surface area contributed by atoms with Crippen molar-refractivity contribution in [3.8, 4) is 0 Å². The zero-order valence-corrected chi connectivity index (χ0v) is 12.0. The molecule has 1 aliphatic rings. The largest absolute Gasteiger partial charge is 0.472 e. The molecular formula is C14H21N3O4. The summed E-state index contributed by atoms with van der Waals surface area (Å²) < 4.78 is 4.83. The molecule has 0 atom stereocenters. The molecule has 0 aliphatic carbocycles. The van der Waals surface area contributed by atoms with Gasteiger partial charge >= 0.3 is 0 Å². The highest BCUT2D eigenvalue weighted by molar-refractivity contribution is 5.94. The molecule has 1 aliphatic heterocycles. The third kappa shape index (κ3) is 4.57. The van der Waals surface area contributed by atoms with Crippen LogP contribution in [0.1, 0.15) is 16.8 Å². The lowest BCUT2D eigenvalue weighted by molar-refractivity contribution is -0.132. The molecule has 1 fully saturated rings. The molecule has 0 bridgehead atoms. The van der Waals surface area contributed by atoms with Crippen LogP contribution in [-0.4, -0.2) is 72.6 Å². The van der Waals surface area contributed by atoms with Crippen LogP contribution in [0.4, 0.5) is 0 Å². The number of piperazine rings is 1. The molecule has 0 unspecified atom stereocenters. The lowest BCUT2D eigenvalue weighted by Crippen LogP contribution is -2.49. The first-order valence-corrected chi connectivity index (χ1v) is 7.12. The van der Waals surface area contributed by atoms with Crippen molar-refractivity contribution in [1.82, 2.24) is 15.1 Å². The highest BCUT2D eigenvalue weighted by Crippen LogP contribution is 2.04. The summed E-state index contributed by atoms with van der Waals surface area (Å²) in [7, 11) is 0. The van der Waals surface area contributed by atoms with Gasteiger partial charge in [-0.25, -0.2) is 0 Å². The number of hydrogen-bond acceptors (Lipinski definition) is 5. The Labute approximate surface area is 123 Å². The van der Waals surface area contributed by atoms with Crippen LogP contribution >= 0.6 is 0 Å². The second-order valence-electron chi connectivity index (χ2n) is 4.96. The van der Waals surface area contributed by atoms with Gasteiger partial charge in [0.15, 0.2) is 0 Å². The molecule has 2 N–H and O–H groups in total. The summed E-state index contributed by atoms with van der Waals surface area (Å²) in [6.45, 7) is 4.04. The minimum Gasteiger partial charge on any atom is -0.472 e. The lowest BCUT2D eigenvalue weighted by Gasteiger charge is -2.34. The van der Waals surface area contributed by atoms with Crippen molar-refractivity contribution in [2.75, 3.05) is 45.9 Å². The molecule has 116 valence electrons. The van der Waals surface area contributed by atoms with Crippen molar-refractivity contribution in [3.05, 3.63) is 24.2 Å². The zero-order chi connectivity index (χ0) is 15.1. The fourth-order valence-electron chi connectivity index (χ4n) is 2.30. The van der Waals surface area contributed by atoms with E-state index in [-0.39, 0.29) is 18.4 Å². The van der Waals surface area contributed by atoms with Crippen molar-refractivity contribution >= 4 is 11.8 Å². The molecule has 2 heterocycles. The third-order valence-corrected chi connectivity index (χ3v) is 3.55. The Hall–Kier alpha value is -1.86. The highest BCUT2D eigenvalue weighted by atomic mass is 16.3. The molecule has 7 heteroatoms. The minimum absolute atomic E-state index is 0.0474. The Morgan fingerprint density at radius 3 is 2.67 bits per heavy atom. The fourth-order valence-corrected chi connectivity index (χ4v) is 2.30. The first-order valence-electron chi connectivity index (χ1n) is 7.12. The van der Waals surface area contributed by atoms with E-state index < -0.39 is 0 Å². The molecule has 0 radical (unpaired) electrons. The Bertz CT molecular complexity index is 453. The molecule has 1 saturated heterocycles. The number of furan rings is 1. The average molecular weight is 295 g/mol. The van der Waals surface area contributed by atoms with Crippen LogP contribution in [0, 0.1) is 0 Å². The predicted molar refractivity (Wildman–Crippen MR) is 75.8 cm³/mol. The van der Waals surface area contributed by atoms with Crippen molar-refractivity contribution in [3.63, 3.8) is 0 Å². The summed E-state index contributed by atoms with van der Waals surface area (Å²) in [5, 5.41) is 11.6. The molecule has 1 aromatic heterocycles. The Kier molecular flexibility index (Phi) is 5.77. The number of hydrogen-bond donors (Lipinski definition) is 2. The van der Waals surface area contributed by atoms with Crippen LogP contribution in [0.5, 0.6) is 0 Å². The summed E-state index contributed by atoms with van der Waals surface area (Å²) >= 11 is 0. The van der Waals surface area contributed by atoms with Gasteiger partial charge in [0.2, 0.25) is 5.91 Å². The van der Waals surface area contributed by atoms with E-state index in [4.69, 9.17) is 9.52 Å². The fraction of sp³-hybridized carbons (Fsp3) is 0.571. The maximum absolute atomic E-state index is 12.0. The van der Waals surface area contributed by atoms with Crippen molar-refractivity contribution < 1.29 is 19.1 Å². The molecule has 1 aromatic rings. The van der Waals surface area contributed by atoms with Crippen LogP contribution in [0.3, 0.4) is 0 Å². The number of aliphatic hydroxyl groups is 1. The summed E-state index contributed by atoms with van der Waals surface area (Å²) in [6, 6.07) is 1.58. The van der Waals surface area contributed by atoms with E-state index in [9.17, 15) is 9.59 Å². The maximum atomic E-state index is 12.0. The molecule has 0 spiro atoms. The van der Waals surface area contributed by atoms with Gasteiger partial charge in [0.25, 0.3) is 5.91 Å². The molecule has 0 saturated carbocycles. The van der Waals surface area contributed by atoms with E-state index in [2.05, 4.69) is 10.2 Å². The quantitative estimate of drug-likeness (QED) is 0.741. The average Bonchev–Trinajstić information content (AvgIpc) is 3.02. The van der Waals surface area contributed by atoms with E-state index in [1.807, 2.05) is 0 Å². The van der Waals surface area contributed by atoms with Gasteiger partial charge in [-0.1, -0.05) is 0 Å². The first-order chi connectivity index (χ1) is 10.2. The van der Waals surface area contributed by atoms with Crippen molar-refractivity contribution in [1.29, 1.82) is 0 Å².